The van der Waals surface area contributed by atoms with Crippen LogP contribution in [0.1, 0.15) is 108 Å². The second-order valence-electron chi connectivity index (χ2n) is 12.4. The average molecular weight is 411 g/mol. The van der Waals surface area contributed by atoms with Crippen LogP contribution < -0.4 is 0 Å². The zero-order valence-corrected chi connectivity index (χ0v) is 21.6. The topological polar surface area (TPSA) is 40.5 Å². The molecular weight excluding hydrogens is 356 g/mol. The summed E-state index contributed by atoms with van der Waals surface area (Å²) in [6.07, 6.45) is 5.16. The second kappa shape index (κ2) is 10.5. The highest BCUT2D eigenvalue weighted by atomic mass is 16.3. The highest BCUT2D eigenvalue weighted by Crippen LogP contribution is 2.52. The van der Waals surface area contributed by atoms with Gasteiger partial charge in [0, 0.05) is 0 Å². The molecule has 2 nitrogen and oxygen atoms in total. The number of aliphatic hydroxyl groups excluding tert-OH is 2. The van der Waals surface area contributed by atoms with Crippen LogP contribution in [0.5, 0.6) is 0 Å². The van der Waals surface area contributed by atoms with E-state index in [9.17, 15) is 10.2 Å². The second-order valence-corrected chi connectivity index (χ2v) is 12.4. The first-order valence-corrected chi connectivity index (χ1v) is 12.6. The number of hydrogen-bond donors (Lipinski definition) is 2. The van der Waals surface area contributed by atoms with Gasteiger partial charge in [0.1, 0.15) is 0 Å². The molecule has 2 aliphatic rings. The molecule has 8 unspecified atom stereocenters. The summed E-state index contributed by atoms with van der Waals surface area (Å²) in [5.74, 6) is 4.10. The van der Waals surface area contributed by atoms with Crippen LogP contribution in [0.15, 0.2) is 0 Å². The van der Waals surface area contributed by atoms with Gasteiger partial charge >= 0.3 is 0 Å². The molecule has 0 aromatic heterocycles. The minimum atomic E-state index is -0.151. The molecule has 0 heterocycles. The molecule has 0 saturated heterocycles. The molecule has 0 aromatic rings. The molecule has 2 saturated carbocycles. The third-order valence-electron chi connectivity index (χ3n) is 8.47. The Bertz CT molecular complexity index is 430. The Morgan fingerprint density at radius 1 is 0.690 bits per heavy atom. The zero-order chi connectivity index (χ0) is 22.7. The number of rotatable bonds is 3. The van der Waals surface area contributed by atoms with Crippen molar-refractivity contribution in [1.82, 2.24) is 0 Å². The molecule has 2 N–H and O–H groups in total. The lowest BCUT2D eigenvalue weighted by molar-refractivity contribution is -0.0816. The summed E-state index contributed by atoms with van der Waals surface area (Å²) in [5.41, 5.74) is 0.330. The minimum absolute atomic E-state index is 0.151. The van der Waals surface area contributed by atoms with Gasteiger partial charge < -0.3 is 10.2 Å². The van der Waals surface area contributed by atoms with Gasteiger partial charge in [-0.3, -0.25) is 0 Å². The maximum absolute atomic E-state index is 10.8. The van der Waals surface area contributed by atoms with Gasteiger partial charge in [-0.2, -0.15) is 0 Å². The van der Waals surface area contributed by atoms with Crippen molar-refractivity contribution in [3.8, 4) is 0 Å². The summed E-state index contributed by atoms with van der Waals surface area (Å²) in [4.78, 5) is 0. The van der Waals surface area contributed by atoms with Gasteiger partial charge in [0.2, 0.25) is 0 Å². The van der Waals surface area contributed by atoms with Gasteiger partial charge in [-0.05, 0) is 77.9 Å². The van der Waals surface area contributed by atoms with E-state index in [4.69, 9.17) is 0 Å². The smallest absolute Gasteiger partial charge is 0.0576 e. The first-order chi connectivity index (χ1) is 13.3. The first-order valence-electron chi connectivity index (χ1n) is 12.6. The first kappa shape index (κ1) is 27.0. The molecule has 2 aliphatic carbocycles. The fraction of sp³-hybridized carbons (Fsp3) is 1.00. The van der Waals surface area contributed by atoms with E-state index in [1.54, 1.807) is 0 Å². The van der Waals surface area contributed by atoms with E-state index in [0.717, 1.165) is 25.7 Å². The molecule has 2 rings (SSSR count). The molecule has 0 aliphatic heterocycles. The van der Waals surface area contributed by atoms with E-state index in [0.29, 0.717) is 41.4 Å². The molecule has 0 amide bonds. The average Bonchev–Trinajstić information content (AvgIpc) is 2.58. The predicted molar refractivity (Wildman–Crippen MR) is 127 cm³/mol. The summed E-state index contributed by atoms with van der Waals surface area (Å²) in [6, 6.07) is 0. The van der Waals surface area contributed by atoms with Crippen LogP contribution in [-0.4, -0.2) is 22.4 Å². The van der Waals surface area contributed by atoms with E-state index in [1.807, 2.05) is 13.8 Å². The Hall–Kier alpha value is -0.0800. The Morgan fingerprint density at radius 3 is 1.24 bits per heavy atom. The quantitative estimate of drug-likeness (QED) is 0.517. The van der Waals surface area contributed by atoms with Crippen molar-refractivity contribution in [2.75, 3.05) is 0 Å². The predicted octanol–water partition coefficient (Wildman–Crippen LogP) is 7.18. The normalized spacial score (nSPS) is 40.0. The Balaban J connectivity index is 0.00000204. The molecule has 174 valence electrons. The van der Waals surface area contributed by atoms with Gasteiger partial charge in [-0.15, -0.1) is 0 Å². The lowest BCUT2D eigenvalue weighted by atomic mass is 9.55. The van der Waals surface area contributed by atoms with E-state index in [1.165, 1.54) is 6.42 Å². The van der Waals surface area contributed by atoms with Gasteiger partial charge in [0.25, 0.3) is 0 Å². The molecule has 0 radical (unpaired) electrons. The fourth-order valence-corrected chi connectivity index (χ4v) is 6.78. The van der Waals surface area contributed by atoms with Crippen molar-refractivity contribution in [2.45, 2.75) is 120 Å². The van der Waals surface area contributed by atoms with Crippen molar-refractivity contribution in [3.05, 3.63) is 0 Å². The maximum atomic E-state index is 10.8. The van der Waals surface area contributed by atoms with Gasteiger partial charge in [-0.25, -0.2) is 0 Å². The van der Waals surface area contributed by atoms with Gasteiger partial charge in [-0.1, -0.05) is 82.6 Å². The molecule has 0 aromatic carbocycles. The van der Waals surface area contributed by atoms with Crippen LogP contribution >= 0.6 is 0 Å². The summed E-state index contributed by atoms with van der Waals surface area (Å²) in [5, 5.41) is 21.5. The standard InChI is InChI=1S/C25H48O2.C2H6/c1-10-17(18-13-20(24(4,5)6)22(26)11-15(18)2)19-14-21(25(7,8)9)23(27)12-16(19)3;1-2/h15-23,26-27H,10-14H2,1-9H3;1-2H3. The molecule has 8 atom stereocenters. The van der Waals surface area contributed by atoms with Crippen molar-refractivity contribution in [3.63, 3.8) is 0 Å². The zero-order valence-electron chi connectivity index (χ0n) is 21.6. The van der Waals surface area contributed by atoms with Gasteiger partial charge in [0.15, 0.2) is 0 Å². The van der Waals surface area contributed by atoms with E-state index in [-0.39, 0.29) is 23.0 Å². The lowest BCUT2D eigenvalue weighted by Crippen LogP contribution is -2.48. The van der Waals surface area contributed by atoms with E-state index >= 15 is 0 Å². The van der Waals surface area contributed by atoms with Crippen LogP contribution in [0.4, 0.5) is 0 Å². The highest BCUT2D eigenvalue weighted by molar-refractivity contribution is 4.97. The minimum Gasteiger partial charge on any atom is -0.393 e. The van der Waals surface area contributed by atoms with Crippen molar-refractivity contribution >= 4 is 0 Å². The van der Waals surface area contributed by atoms with Crippen molar-refractivity contribution < 1.29 is 10.2 Å². The van der Waals surface area contributed by atoms with Crippen LogP contribution in [0, 0.1) is 52.3 Å². The number of aliphatic hydroxyl groups is 2. The summed E-state index contributed by atoms with van der Waals surface area (Å²) < 4.78 is 0. The maximum Gasteiger partial charge on any atom is 0.0576 e. The molecule has 2 fully saturated rings. The largest absolute Gasteiger partial charge is 0.393 e. The molecule has 0 bridgehead atoms. The summed E-state index contributed by atoms with van der Waals surface area (Å²) in [6.45, 7) is 24.9. The third-order valence-corrected chi connectivity index (χ3v) is 8.47. The Kier molecular flexibility index (Phi) is 9.75. The lowest BCUT2D eigenvalue weighted by Gasteiger charge is -2.52. The molecular formula is C27H54O2. The third kappa shape index (κ3) is 6.45. The van der Waals surface area contributed by atoms with Gasteiger partial charge in [0.05, 0.1) is 12.2 Å². The SMILES string of the molecule is CC.CCC(C1CC(C(C)(C)C)C(O)CC1C)C1CC(C(C)(C)C)C(O)CC1C. The van der Waals surface area contributed by atoms with Crippen molar-refractivity contribution in [2.24, 2.45) is 52.3 Å². The van der Waals surface area contributed by atoms with Crippen LogP contribution in [-0.2, 0) is 0 Å². The molecule has 0 spiro atoms. The Labute approximate surface area is 183 Å². The molecule has 2 heteroatoms. The van der Waals surface area contributed by atoms with E-state index < -0.39 is 0 Å². The van der Waals surface area contributed by atoms with Crippen molar-refractivity contribution in [1.29, 1.82) is 0 Å². The summed E-state index contributed by atoms with van der Waals surface area (Å²) in [7, 11) is 0. The van der Waals surface area contributed by atoms with E-state index in [2.05, 4.69) is 62.3 Å². The van der Waals surface area contributed by atoms with Crippen LogP contribution in [0.25, 0.3) is 0 Å². The molecule has 29 heavy (non-hydrogen) atoms. The number of hydrogen-bond acceptors (Lipinski definition) is 2. The highest BCUT2D eigenvalue weighted by Gasteiger charge is 2.47. The fourth-order valence-electron chi connectivity index (χ4n) is 6.78. The van der Waals surface area contributed by atoms with Crippen LogP contribution in [0.2, 0.25) is 0 Å². The Morgan fingerprint density at radius 2 is 1.00 bits per heavy atom. The van der Waals surface area contributed by atoms with Crippen LogP contribution in [0.3, 0.4) is 0 Å². The summed E-state index contributed by atoms with van der Waals surface area (Å²) >= 11 is 0. The monoisotopic (exact) mass is 410 g/mol.